The van der Waals surface area contributed by atoms with Crippen molar-refractivity contribution in [2.45, 2.75) is 18.4 Å². The predicted molar refractivity (Wildman–Crippen MR) is 133 cm³/mol. The molecule has 0 radical (unpaired) electrons. The van der Waals surface area contributed by atoms with E-state index in [1.807, 2.05) is 36.4 Å². The molecule has 0 unspecified atom stereocenters. The molecule has 0 saturated carbocycles. The van der Waals surface area contributed by atoms with Crippen molar-refractivity contribution in [2.75, 3.05) is 18.5 Å². The number of aliphatic hydroxyl groups excluding tert-OH is 1. The third-order valence-corrected chi connectivity index (χ3v) is 6.51. The maximum atomic E-state index is 12.6. The molecule has 0 aliphatic heterocycles. The molecule has 9 heteroatoms. The van der Waals surface area contributed by atoms with Crippen molar-refractivity contribution >= 4 is 39.6 Å². The molecule has 0 saturated heterocycles. The number of ether oxygens (including phenoxy) is 1. The molecule has 3 aromatic carbocycles. The summed E-state index contributed by atoms with van der Waals surface area (Å²) in [6.45, 7) is -0.243. The van der Waals surface area contributed by atoms with Crippen LogP contribution in [-0.4, -0.2) is 47.4 Å². The first-order valence-electron chi connectivity index (χ1n) is 10.9. The zero-order valence-electron chi connectivity index (χ0n) is 18.5. The van der Waals surface area contributed by atoms with Crippen LogP contribution in [0.15, 0.2) is 71.2 Å². The van der Waals surface area contributed by atoms with Gasteiger partial charge in [0.15, 0.2) is 0 Å². The number of fused-ring (bicyclic) bond motifs is 3. The second kappa shape index (κ2) is 10.7. The first-order chi connectivity index (χ1) is 16.9. The molecule has 0 heterocycles. The third kappa shape index (κ3) is 5.36. The van der Waals surface area contributed by atoms with Gasteiger partial charge in [0, 0.05) is 29.1 Å². The van der Waals surface area contributed by atoms with E-state index in [9.17, 15) is 19.5 Å². The highest BCUT2D eigenvalue weighted by molar-refractivity contribution is 9.10. The van der Waals surface area contributed by atoms with Crippen molar-refractivity contribution in [3.8, 4) is 11.1 Å². The Bertz CT molecular complexity index is 1230. The van der Waals surface area contributed by atoms with Gasteiger partial charge in [-0.25, -0.2) is 9.59 Å². The van der Waals surface area contributed by atoms with Gasteiger partial charge in [-0.1, -0.05) is 48.5 Å². The molecule has 1 atom stereocenters. The van der Waals surface area contributed by atoms with Gasteiger partial charge in [-0.15, -0.1) is 0 Å². The monoisotopic (exact) mass is 538 g/mol. The van der Waals surface area contributed by atoms with Crippen molar-refractivity contribution in [1.29, 1.82) is 0 Å². The number of rotatable bonds is 8. The van der Waals surface area contributed by atoms with Crippen LogP contribution >= 0.6 is 15.9 Å². The molecule has 1 aliphatic rings. The minimum absolute atomic E-state index is 0.0844. The largest absolute Gasteiger partial charge is 0.480 e. The molecule has 0 bridgehead atoms. The van der Waals surface area contributed by atoms with Crippen LogP contribution in [0.25, 0.3) is 11.1 Å². The average molecular weight is 539 g/mol. The minimum atomic E-state index is -1.25. The van der Waals surface area contributed by atoms with Crippen LogP contribution in [-0.2, 0) is 9.53 Å². The number of aliphatic hydroxyl groups is 1. The van der Waals surface area contributed by atoms with Gasteiger partial charge in [0.1, 0.15) is 12.6 Å². The molecular weight excluding hydrogens is 516 g/mol. The van der Waals surface area contributed by atoms with Gasteiger partial charge >= 0.3 is 12.1 Å². The van der Waals surface area contributed by atoms with E-state index >= 15 is 0 Å². The quantitative estimate of drug-likeness (QED) is 0.337. The summed E-state index contributed by atoms with van der Waals surface area (Å²) in [5.41, 5.74) is 4.89. The summed E-state index contributed by atoms with van der Waals surface area (Å²) < 4.78 is 5.95. The van der Waals surface area contributed by atoms with Gasteiger partial charge in [-0.05, 0) is 56.4 Å². The van der Waals surface area contributed by atoms with Crippen LogP contribution in [0.2, 0.25) is 0 Å². The number of aliphatic carboxylic acids is 1. The van der Waals surface area contributed by atoms with Crippen LogP contribution in [0.4, 0.5) is 10.5 Å². The predicted octanol–water partition coefficient (Wildman–Crippen LogP) is 4.38. The first kappa shape index (κ1) is 24.4. The van der Waals surface area contributed by atoms with Crippen LogP contribution < -0.4 is 10.6 Å². The topological polar surface area (TPSA) is 125 Å². The zero-order valence-corrected chi connectivity index (χ0v) is 20.1. The number of nitrogens with one attached hydrogen (secondary N) is 2. The number of benzene rings is 3. The Morgan fingerprint density at radius 2 is 1.60 bits per heavy atom. The van der Waals surface area contributed by atoms with Gasteiger partial charge < -0.3 is 20.3 Å². The number of carbonyl (C=O) groups excluding carboxylic acids is 2. The zero-order chi connectivity index (χ0) is 24.9. The molecule has 8 nitrogen and oxygen atoms in total. The van der Waals surface area contributed by atoms with Gasteiger partial charge in [0.05, 0.1) is 5.56 Å². The lowest BCUT2D eigenvalue weighted by Crippen LogP contribution is -2.41. The van der Waals surface area contributed by atoms with Crippen LogP contribution in [0.1, 0.15) is 33.8 Å². The maximum Gasteiger partial charge on any atom is 0.411 e. The molecule has 0 aromatic heterocycles. The van der Waals surface area contributed by atoms with E-state index in [4.69, 9.17) is 9.84 Å². The van der Waals surface area contributed by atoms with Crippen molar-refractivity contribution in [3.05, 3.63) is 87.9 Å². The summed E-state index contributed by atoms with van der Waals surface area (Å²) in [6.07, 6.45) is -0.805. The Kier molecular flexibility index (Phi) is 7.48. The summed E-state index contributed by atoms with van der Waals surface area (Å²) in [5.74, 6) is -2.00. The van der Waals surface area contributed by atoms with Crippen molar-refractivity contribution in [1.82, 2.24) is 5.32 Å². The van der Waals surface area contributed by atoms with Crippen molar-refractivity contribution < 1.29 is 29.3 Å². The summed E-state index contributed by atoms with van der Waals surface area (Å²) in [4.78, 5) is 36.4. The third-order valence-electron chi connectivity index (χ3n) is 5.82. The highest BCUT2D eigenvalue weighted by Crippen LogP contribution is 2.44. The number of hydrogen-bond donors (Lipinski definition) is 4. The average Bonchev–Trinajstić information content (AvgIpc) is 3.17. The molecule has 1 aliphatic carbocycles. The lowest BCUT2D eigenvalue weighted by atomic mass is 9.98. The number of anilines is 1. The Balaban J connectivity index is 1.43. The van der Waals surface area contributed by atoms with E-state index < -0.39 is 24.0 Å². The summed E-state index contributed by atoms with van der Waals surface area (Å²) >= 11 is 3.27. The molecular formula is C26H23BrN2O6. The Labute approximate surface area is 210 Å². The SMILES string of the molecule is O=C(Nc1ccc(Br)c(C(=O)N[C@@H](CCO)C(=O)O)c1)OCC1c2ccccc2-c2ccccc21. The number of carbonyl (C=O) groups is 3. The van der Waals surface area contributed by atoms with Gasteiger partial charge in [-0.3, -0.25) is 10.1 Å². The van der Waals surface area contributed by atoms with E-state index in [1.54, 1.807) is 12.1 Å². The Morgan fingerprint density at radius 1 is 0.971 bits per heavy atom. The lowest BCUT2D eigenvalue weighted by Gasteiger charge is -2.16. The number of carboxylic acid groups (broad SMARTS) is 1. The molecule has 180 valence electrons. The van der Waals surface area contributed by atoms with E-state index in [-0.39, 0.29) is 31.1 Å². The molecule has 4 rings (SSSR count). The Hall–Kier alpha value is -3.69. The second-order valence-electron chi connectivity index (χ2n) is 8.02. The van der Waals surface area contributed by atoms with E-state index in [1.165, 1.54) is 6.07 Å². The second-order valence-corrected chi connectivity index (χ2v) is 8.88. The van der Waals surface area contributed by atoms with Crippen molar-refractivity contribution in [2.24, 2.45) is 0 Å². The molecule has 0 fully saturated rings. The highest BCUT2D eigenvalue weighted by Gasteiger charge is 2.29. The first-order valence-corrected chi connectivity index (χ1v) is 11.7. The highest BCUT2D eigenvalue weighted by atomic mass is 79.9. The molecule has 3 aromatic rings. The smallest absolute Gasteiger partial charge is 0.411 e. The lowest BCUT2D eigenvalue weighted by molar-refractivity contribution is -0.139. The summed E-state index contributed by atoms with van der Waals surface area (Å²) in [6, 6.07) is 19.4. The van der Waals surface area contributed by atoms with Crippen molar-refractivity contribution in [3.63, 3.8) is 0 Å². The number of halogens is 1. The number of hydrogen-bond acceptors (Lipinski definition) is 5. The number of amides is 2. The van der Waals surface area contributed by atoms with E-state index in [0.29, 0.717) is 10.2 Å². The standard InChI is InChI=1S/C26H23BrN2O6/c27-22-10-9-15(13-20(22)24(31)29-23(11-12-30)25(32)33)28-26(34)35-14-21-18-7-3-1-5-16(18)17-6-2-4-8-19(17)21/h1-10,13,21,23,30H,11-12,14H2,(H,28,34)(H,29,31)(H,32,33)/t23-/m0/s1. The van der Waals surface area contributed by atoms with Crippen LogP contribution in [0.3, 0.4) is 0 Å². The van der Waals surface area contributed by atoms with Crippen LogP contribution in [0, 0.1) is 0 Å². The molecule has 35 heavy (non-hydrogen) atoms. The van der Waals surface area contributed by atoms with Crippen LogP contribution in [0.5, 0.6) is 0 Å². The van der Waals surface area contributed by atoms with Gasteiger partial charge in [0.2, 0.25) is 0 Å². The van der Waals surface area contributed by atoms with E-state index in [2.05, 4.69) is 38.7 Å². The minimum Gasteiger partial charge on any atom is -0.480 e. The number of carboxylic acids is 1. The molecule has 0 spiro atoms. The fourth-order valence-corrected chi connectivity index (χ4v) is 4.58. The normalized spacial score (nSPS) is 12.9. The van der Waals surface area contributed by atoms with Gasteiger partial charge in [-0.2, -0.15) is 0 Å². The van der Waals surface area contributed by atoms with Gasteiger partial charge in [0.25, 0.3) is 5.91 Å². The maximum absolute atomic E-state index is 12.6. The fourth-order valence-electron chi connectivity index (χ4n) is 4.15. The summed E-state index contributed by atoms with van der Waals surface area (Å²) in [5, 5.41) is 23.2. The van der Waals surface area contributed by atoms with E-state index in [0.717, 1.165) is 22.3 Å². The molecule has 2 amide bonds. The Morgan fingerprint density at radius 3 is 2.20 bits per heavy atom. The molecule has 4 N–H and O–H groups in total. The summed E-state index contributed by atoms with van der Waals surface area (Å²) in [7, 11) is 0. The fraction of sp³-hybridized carbons (Fsp3) is 0.192.